The molecule has 2 heterocycles. The molecule has 2 nitrogen and oxygen atoms in total. The number of hydrogen-bond acceptors (Lipinski definition) is 4. The minimum atomic E-state index is -1.61. The molecule has 0 amide bonds. The van der Waals surface area contributed by atoms with Crippen molar-refractivity contribution in [3.8, 4) is 11.5 Å². The minimum absolute atomic E-state index is 0.947. The van der Waals surface area contributed by atoms with Crippen LogP contribution in [0.3, 0.4) is 0 Å². The second-order valence-corrected chi connectivity index (χ2v) is 11.3. The summed E-state index contributed by atoms with van der Waals surface area (Å²) in [6.07, 6.45) is 0. The monoisotopic (exact) mass is 716 g/mol. The Bertz CT molecular complexity index is 1030. The average molecular weight is 721 g/mol. The lowest BCUT2D eigenvalue weighted by atomic mass is 10.2. The van der Waals surface area contributed by atoms with E-state index in [-0.39, 0.29) is 0 Å². The van der Waals surface area contributed by atoms with Crippen LogP contribution < -0.4 is 9.47 Å². The van der Waals surface area contributed by atoms with Crippen molar-refractivity contribution in [2.45, 2.75) is 3.25 Å². The van der Waals surface area contributed by atoms with Gasteiger partial charge in [-0.3, -0.25) is 0 Å². The van der Waals surface area contributed by atoms with Gasteiger partial charge in [0.1, 0.15) is 11.5 Å². The topological polar surface area (TPSA) is 18.5 Å². The Morgan fingerprint density at radius 2 is 1.30 bits per heavy atom. The van der Waals surface area contributed by atoms with Gasteiger partial charge in [0.2, 0.25) is 0 Å². The van der Waals surface area contributed by atoms with E-state index in [9.17, 15) is 0 Å². The van der Waals surface area contributed by atoms with Crippen LogP contribution >= 0.6 is 113 Å². The van der Waals surface area contributed by atoms with Crippen LogP contribution in [-0.2, 0) is 0 Å². The fourth-order valence-corrected chi connectivity index (χ4v) is 4.69. The van der Waals surface area contributed by atoms with E-state index < -0.39 is 3.25 Å². The number of rotatable bonds is 2. The van der Waals surface area contributed by atoms with Gasteiger partial charge >= 0.3 is 0 Å². The Morgan fingerprint density at radius 1 is 0.767 bits per heavy atom. The molecule has 0 fully saturated rings. The molecule has 0 bridgehead atoms. The highest BCUT2D eigenvalue weighted by Gasteiger charge is 2.11. The molecular weight excluding hydrogens is 706 g/mol. The zero-order chi connectivity index (χ0) is 22.7. The van der Waals surface area contributed by atoms with Crippen molar-refractivity contribution in [2.75, 3.05) is 14.2 Å². The van der Waals surface area contributed by atoms with E-state index in [4.69, 9.17) is 55.9 Å². The van der Waals surface area contributed by atoms with Gasteiger partial charge in [-0.15, -0.1) is 22.7 Å². The quantitative estimate of drug-likeness (QED) is 0.192. The van der Waals surface area contributed by atoms with Crippen LogP contribution in [0.15, 0.2) is 57.7 Å². The molecule has 0 saturated carbocycles. The van der Waals surface area contributed by atoms with Crippen molar-refractivity contribution < 1.29 is 9.47 Å². The lowest BCUT2D eigenvalue weighted by Gasteiger charge is -2.01. The molecule has 11 heteroatoms. The third kappa shape index (κ3) is 9.59. The van der Waals surface area contributed by atoms with Crippen LogP contribution in [0.1, 0.15) is 0 Å². The summed E-state index contributed by atoms with van der Waals surface area (Å²) in [6.45, 7) is 0. The van der Waals surface area contributed by atoms with Crippen LogP contribution in [0.5, 0.6) is 11.5 Å². The number of halogens is 7. The van der Waals surface area contributed by atoms with Gasteiger partial charge in [0.15, 0.2) is 0 Å². The Balaban J connectivity index is 0.000000232. The van der Waals surface area contributed by atoms with Crippen LogP contribution in [0.25, 0.3) is 20.2 Å². The molecule has 4 rings (SSSR count). The summed E-state index contributed by atoms with van der Waals surface area (Å²) in [5, 5.41) is 6.62. The number of fused-ring (bicyclic) bond motifs is 2. The highest BCUT2D eigenvalue weighted by molar-refractivity contribution is 9.93. The fourth-order valence-electron chi connectivity index (χ4n) is 2.29. The summed E-state index contributed by atoms with van der Waals surface area (Å²) in [6, 6.07) is 14.3. The predicted octanol–water partition coefficient (Wildman–Crippen LogP) is 10.8. The molecule has 30 heavy (non-hydrogen) atoms. The molecule has 2 aromatic carbocycles. The van der Waals surface area contributed by atoms with E-state index >= 15 is 0 Å². The molecular formula is C19H15Br3Cl4O2S2. The first-order chi connectivity index (χ1) is 14.2. The van der Waals surface area contributed by atoms with Crippen molar-refractivity contribution in [2.24, 2.45) is 0 Å². The molecule has 0 spiro atoms. The SMILES string of the molecule is BrBr.COc1ccc(Br)c2ccsc12.COc1cccc2ccsc12.ClC(Cl)(Cl)Cl. The second kappa shape index (κ2) is 14.7. The molecule has 0 N–H and O–H groups in total. The first-order valence-corrected chi connectivity index (χ1v) is 15.6. The number of methoxy groups -OCH3 is 2. The first-order valence-electron chi connectivity index (χ1n) is 7.84. The maximum atomic E-state index is 5.23. The number of hydrogen-bond donors (Lipinski definition) is 0. The third-order valence-electron chi connectivity index (χ3n) is 3.41. The summed E-state index contributed by atoms with van der Waals surface area (Å²) in [4.78, 5) is 0. The third-order valence-corrected chi connectivity index (χ3v) is 5.98. The fraction of sp³-hybridized carbons (Fsp3) is 0.158. The molecule has 164 valence electrons. The molecule has 0 saturated heterocycles. The molecule has 2 aromatic heterocycles. The largest absolute Gasteiger partial charge is 0.495 e. The zero-order valence-electron chi connectivity index (χ0n) is 15.5. The predicted molar refractivity (Wildman–Crippen MR) is 148 cm³/mol. The second-order valence-electron chi connectivity index (χ2n) is 5.14. The van der Waals surface area contributed by atoms with Gasteiger partial charge in [-0.05, 0) is 46.5 Å². The van der Waals surface area contributed by atoms with Crippen LogP contribution in [0.4, 0.5) is 0 Å². The van der Waals surface area contributed by atoms with Crippen molar-refractivity contribution in [3.63, 3.8) is 0 Å². The molecule has 0 radical (unpaired) electrons. The van der Waals surface area contributed by atoms with Gasteiger partial charge in [0, 0.05) is 38.1 Å². The zero-order valence-corrected chi connectivity index (χ0v) is 24.9. The number of benzene rings is 2. The molecule has 4 aromatic rings. The molecule has 0 aliphatic rings. The van der Waals surface area contributed by atoms with Gasteiger partial charge in [-0.2, -0.15) is 0 Å². The summed E-state index contributed by atoms with van der Waals surface area (Å²) < 4.78 is 12.4. The lowest BCUT2D eigenvalue weighted by molar-refractivity contribution is 0.420. The van der Waals surface area contributed by atoms with E-state index in [0.29, 0.717) is 0 Å². The molecule has 0 atom stereocenters. The van der Waals surface area contributed by atoms with E-state index in [1.807, 2.05) is 24.3 Å². The highest BCUT2D eigenvalue weighted by atomic mass is 80.9. The van der Waals surface area contributed by atoms with E-state index in [0.717, 1.165) is 16.0 Å². The summed E-state index contributed by atoms with van der Waals surface area (Å²) >= 11 is 31.7. The van der Waals surface area contributed by atoms with Gasteiger partial charge in [-0.25, -0.2) is 0 Å². The van der Waals surface area contributed by atoms with Crippen molar-refractivity contribution >= 4 is 133 Å². The number of thiophene rings is 2. The van der Waals surface area contributed by atoms with Crippen LogP contribution in [-0.4, -0.2) is 17.5 Å². The summed E-state index contributed by atoms with van der Waals surface area (Å²) in [5.41, 5.74) is 0. The molecule has 0 aliphatic carbocycles. The van der Waals surface area contributed by atoms with E-state index in [2.05, 4.69) is 73.1 Å². The normalized spacial score (nSPS) is 10.2. The number of ether oxygens (including phenoxy) is 2. The molecule has 0 aliphatic heterocycles. The van der Waals surface area contributed by atoms with E-state index in [1.165, 1.54) is 20.2 Å². The smallest absolute Gasteiger partial charge is 0.266 e. The summed E-state index contributed by atoms with van der Waals surface area (Å²) in [5.74, 6) is 1.92. The van der Waals surface area contributed by atoms with Crippen molar-refractivity contribution in [3.05, 3.63) is 57.7 Å². The Morgan fingerprint density at radius 3 is 1.90 bits per heavy atom. The van der Waals surface area contributed by atoms with Crippen LogP contribution in [0.2, 0.25) is 0 Å². The maximum Gasteiger partial charge on any atom is 0.266 e. The minimum Gasteiger partial charge on any atom is -0.495 e. The average Bonchev–Trinajstić information content (AvgIpc) is 3.39. The molecule has 0 unspecified atom stereocenters. The highest BCUT2D eigenvalue weighted by Crippen LogP contribution is 2.35. The maximum absolute atomic E-state index is 5.23. The van der Waals surface area contributed by atoms with E-state index in [1.54, 1.807) is 36.9 Å². The van der Waals surface area contributed by atoms with Gasteiger partial charge < -0.3 is 9.47 Å². The lowest BCUT2D eigenvalue weighted by Crippen LogP contribution is -1.81. The first kappa shape index (κ1) is 28.6. The number of alkyl halides is 4. The van der Waals surface area contributed by atoms with Gasteiger partial charge in [0.25, 0.3) is 3.25 Å². The Kier molecular flexibility index (Phi) is 14.0. The van der Waals surface area contributed by atoms with Crippen molar-refractivity contribution in [1.82, 2.24) is 0 Å². The summed E-state index contributed by atoms with van der Waals surface area (Å²) in [7, 11) is 3.40. The van der Waals surface area contributed by atoms with Gasteiger partial charge in [-0.1, -0.05) is 74.5 Å². The standard InChI is InChI=1S/C9H7BrOS.C9H8OS.CCl4.Br2/c1-11-8-3-2-7(10)6-4-5-12-9(6)8;1-10-8-4-2-3-7-5-6-11-9(7)8;2-1(3,4)5;1-2/h2-5H,1H3;2-6H,1H3;;. The van der Waals surface area contributed by atoms with Crippen LogP contribution in [0, 0.1) is 0 Å². The van der Waals surface area contributed by atoms with Crippen molar-refractivity contribution in [1.29, 1.82) is 0 Å². The Labute approximate surface area is 227 Å². The van der Waals surface area contributed by atoms with Gasteiger partial charge in [0.05, 0.1) is 23.6 Å². The Hall–Kier alpha value is 0.560.